The smallest absolute Gasteiger partial charge is 0.344 e. The van der Waals surface area contributed by atoms with Gasteiger partial charge in [-0.15, -0.1) is 0 Å². The molecular formula is C10H13ClNO5P. The minimum atomic E-state index is -4.34. The minimum Gasteiger partial charge on any atom is -0.480 e. The second-order valence-electron chi connectivity index (χ2n) is 3.83. The lowest BCUT2D eigenvalue weighted by Gasteiger charge is -2.23. The third kappa shape index (κ3) is 4.66. The zero-order valence-electron chi connectivity index (χ0n) is 9.58. The van der Waals surface area contributed by atoms with Crippen LogP contribution in [-0.4, -0.2) is 33.7 Å². The van der Waals surface area contributed by atoms with E-state index >= 15 is 0 Å². The summed E-state index contributed by atoms with van der Waals surface area (Å²) in [6.45, 7) is 1.23. The molecule has 0 amide bonds. The van der Waals surface area contributed by atoms with Crippen LogP contribution in [0.2, 0.25) is 5.02 Å². The summed E-state index contributed by atoms with van der Waals surface area (Å²) in [6.07, 6.45) is -0.652. The first-order valence-corrected chi connectivity index (χ1v) is 7.14. The van der Waals surface area contributed by atoms with E-state index in [0.29, 0.717) is 16.3 Å². The van der Waals surface area contributed by atoms with Gasteiger partial charge in [-0.2, -0.15) is 0 Å². The van der Waals surface area contributed by atoms with Gasteiger partial charge in [0.1, 0.15) is 12.8 Å². The number of carboxylic acids is 1. The average Bonchev–Trinajstić information content (AvgIpc) is 2.18. The summed E-state index contributed by atoms with van der Waals surface area (Å²) in [6, 6.07) is 4.66. The van der Waals surface area contributed by atoms with Crippen molar-refractivity contribution < 1.29 is 24.3 Å². The standard InChI is InChI=1S/C10H13ClNO5P/c1-7-4-8(2-3-9(7)11)12(5-10(13)14)6-18(15,16)17/h2-4H,5-6H2,1H3,(H,13,14)(H2,15,16,17). The van der Waals surface area contributed by atoms with Crippen molar-refractivity contribution in [2.24, 2.45) is 0 Å². The van der Waals surface area contributed by atoms with Crippen LogP contribution in [-0.2, 0) is 9.36 Å². The fraction of sp³-hybridized carbons (Fsp3) is 0.300. The highest BCUT2D eigenvalue weighted by molar-refractivity contribution is 7.51. The maximum atomic E-state index is 11.0. The number of benzene rings is 1. The molecule has 0 saturated carbocycles. The van der Waals surface area contributed by atoms with Crippen LogP contribution in [0.15, 0.2) is 18.2 Å². The van der Waals surface area contributed by atoms with Crippen LogP contribution in [0, 0.1) is 6.92 Å². The number of rotatable bonds is 5. The molecule has 0 atom stereocenters. The number of aryl methyl sites for hydroxylation is 1. The molecule has 0 radical (unpaired) electrons. The fourth-order valence-electron chi connectivity index (χ4n) is 1.43. The van der Waals surface area contributed by atoms with E-state index < -0.39 is 26.4 Å². The molecule has 0 aromatic heterocycles. The van der Waals surface area contributed by atoms with E-state index in [4.69, 9.17) is 26.5 Å². The Morgan fingerprint density at radius 3 is 2.50 bits per heavy atom. The highest BCUT2D eigenvalue weighted by Gasteiger charge is 2.21. The van der Waals surface area contributed by atoms with E-state index in [-0.39, 0.29) is 0 Å². The highest BCUT2D eigenvalue weighted by Crippen LogP contribution is 2.37. The lowest BCUT2D eigenvalue weighted by atomic mass is 10.2. The van der Waals surface area contributed by atoms with Gasteiger partial charge < -0.3 is 19.8 Å². The van der Waals surface area contributed by atoms with Crippen LogP contribution in [0.3, 0.4) is 0 Å². The van der Waals surface area contributed by atoms with Gasteiger partial charge in [0.25, 0.3) is 0 Å². The Morgan fingerprint density at radius 1 is 1.44 bits per heavy atom. The Kier molecular flexibility index (Phi) is 4.76. The number of carboxylic acid groups (broad SMARTS) is 1. The first-order chi connectivity index (χ1) is 8.19. The first-order valence-electron chi connectivity index (χ1n) is 4.96. The van der Waals surface area contributed by atoms with Crippen LogP contribution < -0.4 is 4.90 Å². The van der Waals surface area contributed by atoms with Crippen molar-refractivity contribution in [3.63, 3.8) is 0 Å². The Labute approximate surface area is 109 Å². The normalized spacial score (nSPS) is 11.3. The topological polar surface area (TPSA) is 98.1 Å². The molecule has 0 aliphatic carbocycles. The van der Waals surface area contributed by atoms with Crippen molar-refractivity contribution in [3.8, 4) is 0 Å². The number of nitrogens with zero attached hydrogens (tertiary/aromatic N) is 1. The minimum absolute atomic E-state index is 0.405. The predicted molar refractivity (Wildman–Crippen MR) is 68.1 cm³/mol. The number of hydrogen-bond donors (Lipinski definition) is 3. The summed E-state index contributed by atoms with van der Waals surface area (Å²) in [5, 5.41) is 9.25. The summed E-state index contributed by atoms with van der Waals surface area (Å²) in [4.78, 5) is 29.7. The van der Waals surface area contributed by atoms with Gasteiger partial charge in [0.2, 0.25) is 0 Å². The van der Waals surface area contributed by atoms with E-state index in [2.05, 4.69) is 0 Å². The molecule has 0 heterocycles. The molecule has 3 N–H and O–H groups in total. The molecule has 0 saturated heterocycles. The third-order valence-electron chi connectivity index (χ3n) is 2.19. The molecule has 1 aromatic rings. The molecule has 8 heteroatoms. The Hall–Kier alpha value is -1.07. The van der Waals surface area contributed by atoms with E-state index in [1.165, 1.54) is 6.07 Å². The summed E-state index contributed by atoms with van der Waals surface area (Å²) >= 11 is 5.84. The van der Waals surface area contributed by atoms with Gasteiger partial charge in [-0.1, -0.05) is 11.6 Å². The molecule has 100 valence electrons. The quantitative estimate of drug-likeness (QED) is 0.714. The molecule has 6 nitrogen and oxygen atoms in total. The summed E-state index contributed by atoms with van der Waals surface area (Å²) < 4.78 is 11.0. The number of aliphatic carboxylic acids is 1. The molecule has 0 unspecified atom stereocenters. The van der Waals surface area contributed by atoms with E-state index in [0.717, 1.165) is 4.90 Å². The van der Waals surface area contributed by atoms with Crippen molar-refractivity contribution in [1.82, 2.24) is 0 Å². The van der Waals surface area contributed by atoms with Gasteiger partial charge in [0, 0.05) is 10.7 Å². The van der Waals surface area contributed by atoms with Crippen molar-refractivity contribution >= 4 is 30.9 Å². The SMILES string of the molecule is Cc1cc(N(CC(=O)O)CP(=O)(O)O)ccc1Cl. The molecular weight excluding hydrogens is 281 g/mol. The molecule has 0 aliphatic rings. The van der Waals surface area contributed by atoms with Crippen molar-refractivity contribution in [3.05, 3.63) is 28.8 Å². The van der Waals surface area contributed by atoms with Gasteiger partial charge in [0.05, 0.1) is 0 Å². The predicted octanol–water partition coefficient (Wildman–Crippen LogP) is 1.67. The largest absolute Gasteiger partial charge is 0.480 e. The average molecular weight is 294 g/mol. The van der Waals surface area contributed by atoms with Crippen LogP contribution >= 0.6 is 19.2 Å². The third-order valence-corrected chi connectivity index (χ3v) is 3.32. The van der Waals surface area contributed by atoms with Crippen molar-refractivity contribution in [2.75, 3.05) is 17.7 Å². The van der Waals surface area contributed by atoms with Crippen LogP contribution in [0.25, 0.3) is 0 Å². The maximum Gasteiger partial charge on any atom is 0.344 e. The monoisotopic (exact) mass is 293 g/mol. The summed E-state index contributed by atoms with van der Waals surface area (Å²) in [7, 11) is -4.34. The van der Waals surface area contributed by atoms with Crippen molar-refractivity contribution in [1.29, 1.82) is 0 Å². The van der Waals surface area contributed by atoms with Gasteiger partial charge in [0.15, 0.2) is 0 Å². The lowest BCUT2D eigenvalue weighted by Crippen LogP contribution is -2.30. The summed E-state index contributed by atoms with van der Waals surface area (Å²) in [5.74, 6) is -1.17. The van der Waals surface area contributed by atoms with Gasteiger partial charge in [-0.3, -0.25) is 9.36 Å². The zero-order valence-corrected chi connectivity index (χ0v) is 11.2. The lowest BCUT2D eigenvalue weighted by molar-refractivity contribution is -0.135. The van der Waals surface area contributed by atoms with Crippen LogP contribution in [0.5, 0.6) is 0 Å². The molecule has 0 bridgehead atoms. The van der Waals surface area contributed by atoms with Gasteiger partial charge in [-0.05, 0) is 30.7 Å². The second kappa shape index (κ2) is 5.71. The molecule has 1 aromatic carbocycles. The van der Waals surface area contributed by atoms with Gasteiger partial charge in [-0.25, -0.2) is 0 Å². The molecule has 0 aliphatic heterocycles. The number of hydrogen-bond acceptors (Lipinski definition) is 3. The molecule has 0 fully saturated rings. The Morgan fingerprint density at radius 2 is 2.06 bits per heavy atom. The summed E-state index contributed by atoms with van der Waals surface area (Å²) in [5.41, 5.74) is 1.11. The maximum absolute atomic E-state index is 11.0. The first kappa shape index (κ1) is 15.0. The Bertz CT molecular complexity index is 501. The van der Waals surface area contributed by atoms with E-state index in [1.807, 2.05) is 0 Å². The molecule has 0 spiro atoms. The molecule has 1 rings (SSSR count). The number of anilines is 1. The Balaban J connectivity index is 3.04. The van der Waals surface area contributed by atoms with Crippen LogP contribution in [0.4, 0.5) is 5.69 Å². The van der Waals surface area contributed by atoms with Gasteiger partial charge >= 0.3 is 13.6 Å². The fourth-order valence-corrected chi connectivity index (χ4v) is 2.26. The number of carbonyl (C=O) groups is 1. The van der Waals surface area contributed by atoms with Crippen molar-refractivity contribution in [2.45, 2.75) is 6.92 Å². The zero-order chi connectivity index (χ0) is 13.9. The number of halogens is 1. The second-order valence-corrected chi connectivity index (χ2v) is 5.85. The van der Waals surface area contributed by atoms with Crippen LogP contribution in [0.1, 0.15) is 5.56 Å². The van der Waals surface area contributed by atoms with E-state index in [9.17, 15) is 9.36 Å². The highest BCUT2D eigenvalue weighted by atomic mass is 35.5. The van der Waals surface area contributed by atoms with E-state index in [1.54, 1.807) is 19.1 Å². The molecule has 18 heavy (non-hydrogen) atoms.